The molecule has 0 aliphatic rings. The Kier molecular flexibility index (Phi) is 16.6. The number of halogens is 7. The monoisotopic (exact) mass is 874 g/mol. The summed E-state index contributed by atoms with van der Waals surface area (Å²) in [6, 6.07) is 20.6. The van der Waals surface area contributed by atoms with Crippen molar-refractivity contribution in [3.05, 3.63) is 163 Å². The van der Waals surface area contributed by atoms with E-state index in [2.05, 4.69) is 46.7 Å². The van der Waals surface area contributed by atoms with Crippen LogP contribution in [0.15, 0.2) is 96.0 Å². The molecule has 0 unspecified atom stereocenters. The van der Waals surface area contributed by atoms with Gasteiger partial charge in [-0.15, -0.1) is 0 Å². The number of hydrogen-bond acceptors (Lipinski definition) is 7. The number of H-pyrrole nitrogens is 2. The van der Waals surface area contributed by atoms with Gasteiger partial charge in [-0.25, -0.2) is 22.6 Å². The maximum Gasteiger partial charge on any atom is 0.258 e. The van der Waals surface area contributed by atoms with E-state index in [-0.39, 0.29) is 40.7 Å². The number of aryl methyl sites for hydroxylation is 2. The van der Waals surface area contributed by atoms with E-state index in [1.54, 1.807) is 49.4 Å². The number of guanidine groups is 1. The molecule has 0 spiro atoms. The molecule has 0 bridgehead atoms. The van der Waals surface area contributed by atoms with Crippen LogP contribution in [0, 0.1) is 37.1 Å². The van der Waals surface area contributed by atoms with Gasteiger partial charge in [-0.2, -0.15) is 10.2 Å². The number of aliphatic imine (C=N–C) groups is 1. The van der Waals surface area contributed by atoms with Crippen LogP contribution in [0.4, 0.5) is 29.2 Å². The molecule has 2 amide bonds. The molecule has 0 atom stereocenters. The molecule has 0 aliphatic heterocycles. The lowest BCUT2D eigenvalue weighted by atomic mass is 10.2. The average Bonchev–Trinajstić information content (AvgIpc) is 3.77. The highest BCUT2D eigenvalue weighted by Crippen LogP contribution is 2.19. The molecule has 58 heavy (non-hydrogen) atoms. The number of carbonyl (C=O) groups is 2. The molecule has 20 heteroatoms. The summed E-state index contributed by atoms with van der Waals surface area (Å²) >= 11 is 22.7. The normalized spacial score (nSPS) is 10.7. The van der Waals surface area contributed by atoms with E-state index in [9.17, 15) is 27.2 Å². The summed E-state index contributed by atoms with van der Waals surface area (Å²) in [5.41, 5.74) is 8.53. The topological polar surface area (TPSA) is 178 Å². The van der Waals surface area contributed by atoms with E-state index in [4.69, 9.17) is 52.8 Å². The minimum Gasteiger partial charge on any atom is -0.382 e. The van der Waals surface area contributed by atoms with E-state index >= 15 is 0 Å². The molecule has 302 valence electrons. The summed E-state index contributed by atoms with van der Waals surface area (Å²) in [7, 11) is 0. The van der Waals surface area contributed by atoms with E-state index in [0.29, 0.717) is 38.4 Å². The average molecular weight is 876 g/mol. The molecule has 0 saturated heterocycles. The number of nitrogen functional groups attached to an aromatic ring is 1. The Morgan fingerprint density at radius 2 is 1.31 bits per heavy atom. The molecule has 2 heterocycles. The van der Waals surface area contributed by atoms with Crippen molar-refractivity contribution in [1.29, 1.82) is 0 Å². The van der Waals surface area contributed by atoms with Gasteiger partial charge < -0.3 is 16.4 Å². The second-order valence-electron chi connectivity index (χ2n) is 11.9. The Balaban J connectivity index is 0.000000225. The SMILES string of the molecule is Cc1cc(N)n[nH]1.Cc1cc(NC(=NCc2ccc(F)cc2Cl)NC(=O)c2ccc(F)c(F)c2)n[nH]1.O=C(NC(=S)NCc1ccc(F)cc1Cl)c1ccc(Cl)cc1. The lowest BCUT2D eigenvalue weighted by Crippen LogP contribution is -2.38. The van der Waals surface area contributed by atoms with Crippen molar-refractivity contribution >= 4 is 81.5 Å². The van der Waals surface area contributed by atoms with Crippen molar-refractivity contribution in [2.24, 2.45) is 4.99 Å². The highest BCUT2D eigenvalue weighted by molar-refractivity contribution is 7.80. The van der Waals surface area contributed by atoms with E-state index in [1.807, 2.05) is 6.92 Å². The molecule has 0 radical (unpaired) electrons. The smallest absolute Gasteiger partial charge is 0.258 e. The first-order valence-corrected chi connectivity index (χ1v) is 18.2. The van der Waals surface area contributed by atoms with Gasteiger partial charge in [0.05, 0.1) is 6.54 Å². The number of hydrogen-bond donors (Lipinski definition) is 7. The van der Waals surface area contributed by atoms with Gasteiger partial charge in [-0.3, -0.25) is 30.4 Å². The number of nitrogens with two attached hydrogens (primary N) is 1. The zero-order valence-electron chi connectivity index (χ0n) is 30.4. The fourth-order valence-electron chi connectivity index (χ4n) is 4.45. The lowest BCUT2D eigenvalue weighted by Gasteiger charge is -2.11. The number of aromatic nitrogens is 4. The predicted octanol–water partition coefficient (Wildman–Crippen LogP) is 8.42. The number of aromatic amines is 2. The van der Waals surface area contributed by atoms with Gasteiger partial charge in [0.15, 0.2) is 22.6 Å². The molecule has 6 aromatic rings. The number of nitrogens with one attached hydrogen (secondary N) is 6. The van der Waals surface area contributed by atoms with Crippen LogP contribution >= 0.6 is 47.0 Å². The van der Waals surface area contributed by atoms with Crippen LogP contribution in [0.5, 0.6) is 0 Å². The second-order valence-corrected chi connectivity index (χ2v) is 13.6. The Hall–Kier alpha value is -6.01. The number of amides is 2. The third-order valence-electron chi connectivity index (χ3n) is 7.30. The summed E-state index contributed by atoms with van der Waals surface area (Å²) in [5.74, 6) is -3.25. The minimum atomic E-state index is -1.15. The zero-order valence-corrected chi connectivity index (χ0v) is 33.4. The molecule has 0 aliphatic carbocycles. The van der Waals surface area contributed by atoms with Crippen LogP contribution in [0.1, 0.15) is 43.2 Å². The summed E-state index contributed by atoms with van der Waals surface area (Å²) < 4.78 is 52.6. The van der Waals surface area contributed by atoms with Crippen LogP contribution in [0.3, 0.4) is 0 Å². The Morgan fingerprint density at radius 3 is 1.84 bits per heavy atom. The highest BCUT2D eigenvalue weighted by Gasteiger charge is 2.14. The lowest BCUT2D eigenvalue weighted by molar-refractivity contribution is 0.0968. The maximum absolute atomic E-state index is 13.4. The largest absolute Gasteiger partial charge is 0.382 e. The number of anilines is 2. The van der Waals surface area contributed by atoms with Gasteiger partial charge in [0.25, 0.3) is 11.8 Å². The molecule has 0 fully saturated rings. The van der Waals surface area contributed by atoms with Crippen LogP contribution in [-0.2, 0) is 13.1 Å². The summed E-state index contributed by atoms with van der Waals surface area (Å²) in [5, 5.41) is 24.9. The van der Waals surface area contributed by atoms with Crippen molar-refractivity contribution in [2.45, 2.75) is 26.9 Å². The predicted molar refractivity (Wildman–Crippen MR) is 221 cm³/mol. The van der Waals surface area contributed by atoms with Gasteiger partial charge in [0.1, 0.15) is 17.5 Å². The van der Waals surface area contributed by atoms with Gasteiger partial charge in [-0.1, -0.05) is 46.9 Å². The summed E-state index contributed by atoms with van der Waals surface area (Å²) in [4.78, 5) is 28.6. The van der Waals surface area contributed by atoms with E-state index < -0.39 is 29.2 Å². The van der Waals surface area contributed by atoms with Crippen molar-refractivity contribution in [3.63, 3.8) is 0 Å². The highest BCUT2D eigenvalue weighted by atomic mass is 35.5. The van der Waals surface area contributed by atoms with Crippen LogP contribution < -0.4 is 27.0 Å². The third kappa shape index (κ3) is 14.5. The van der Waals surface area contributed by atoms with Crippen molar-refractivity contribution in [1.82, 2.24) is 36.3 Å². The molecule has 4 aromatic carbocycles. The Morgan fingerprint density at radius 1 is 0.724 bits per heavy atom. The Labute approximate surface area is 349 Å². The molecule has 0 saturated carbocycles. The van der Waals surface area contributed by atoms with Crippen LogP contribution in [0.2, 0.25) is 15.1 Å². The van der Waals surface area contributed by atoms with E-state index in [1.165, 1.54) is 24.3 Å². The second kappa shape index (κ2) is 21.5. The van der Waals surface area contributed by atoms with E-state index in [0.717, 1.165) is 35.7 Å². The van der Waals surface area contributed by atoms with Gasteiger partial charge in [0, 0.05) is 56.3 Å². The number of benzene rings is 4. The van der Waals surface area contributed by atoms with Crippen LogP contribution in [-0.4, -0.2) is 43.3 Å². The summed E-state index contributed by atoms with van der Waals surface area (Å²) in [6.45, 7) is 3.98. The number of thiocarbonyl (C=S) groups is 1. The minimum absolute atomic E-state index is 0.00775. The first-order valence-electron chi connectivity index (χ1n) is 16.7. The third-order valence-corrected chi connectivity index (χ3v) is 8.50. The maximum atomic E-state index is 13.4. The number of nitrogens with zero attached hydrogens (tertiary/aromatic N) is 3. The Bertz CT molecular complexity index is 2400. The van der Waals surface area contributed by atoms with Crippen molar-refractivity contribution < 1.29 is 27.2 Å². The zero-order chi connectivity index (χ0) is 42.4. The van der Waals surface area contributed by atoms with Crippen molar-refractivity contribution in [3.8, 4) is 0 Å². The van der Waals surface area contributed by atoms with Gasteiger partial charge in [-0.05, 0) is 104 Å². The quantitative estimate of drug-likeness (QED) is 0.0362. The first-order chi connectivity index (χ1) is 27.6. The van der Waals surface area contributed by atoms with Gasteiger partial charge >= 0.3 is 0 Å². The first kappa shape index (κ1) is 44.7. The molecule has 2 aromatic heterocycles. The molecular formula is C38H33Cl3F4N10O2S. The molecule has 6 rings (SSSR count). The number of carbonyl (C=O) groups excluding carboxylic acids is 2. The van der Waals surface area contributed by atoms with Crippen LogP contribution in [0.25, 0.3) is 0 Å². The molecule has 12 nitrogen and oxygen atoms in total. The standard InChI is InChI=1S/C19H15ClF3N5O.C15H11Cl2FN2OS.C4H7N3/c1-10-6-17(28-27-10)25-19(24-9-12-2-4-13(21)8-14(12)20)26-18(29)11-3-5-15(22)16(23)7-11;16-11-4-1-9(2-5-11)14(21)20-15(22)19-8-10-3-6-12(18)7-13(10)17;1-3-2-4(5)7-6-3/h2-8H,9H2,1H3,(H3,24,25,26,27,28,29);1-7H,8H2,(H2,19,20,21,22);2H,1H3,(H3,5,6,7). The van der Waals surface area contributed by atoms with Gasteiger partial charge in [0.2, 0.25) is 5.96 Å². The number of rotatable bonds is 7. The molecule has 8 N–H and O–H groups in total. The fraction of sp³-hybridized carbons (Fsp3) is 0.105. The molecular weight excluding hydrogens is 843 g/mol. The fourth-order valence-corrected chi connectivity index (χ4v) is 5.20. The van der Waals surface area contributed by atoms with Crippen molar-refractivity contribution in [2.75, 3.05) is 11.1 Å². The summed E-state index contributed by atoms with van der Waals surface area (Å²) in [6.07, 6.45) is 0.